The van der Waals surface area contributed by atoms with Crippen LogP contribution in [-0.4, -0.2) is 4.98 Å². The summed E-state index contributed by atoms with van der Waals surface area (Å²) in [4.78, 5) is 3.80. The van der Waals surface area contributed by atoms with Gasteiger partial charge in [0, 0.05) is 28.1 Å². The molecule has 0 spiro atoms. The first kappa shape index (κ1) is 13.7. The number of aromatic nitrogens is 1. The number of nitrogens with one attached hydrogen (secondary N) is 1. The van der Waals surface area contributed by atoms with Crippen LogP contribution in [0.3, 0.4) is 0 Å². The van der Waals surface area contributed by atoms with E-state index in [0.29, 0.717) is 11.4 Å². The maximum absolute atomic E-state index is 12.7. The Balaban J connectivity index is 2.32. The highest BCUT2D eigenvalue weighted by Gasteiger charge is 2.33. The van der Waals surface area contributed by atoms with Crippen molar-refractivity contribution in [3.63, 3.8) is 0 Å². The van der Waals surface area contributed by atoms with E-state index in [-0.39, 0.29) is 10.3 Å². The van der Waals surface area contributed by atoms with Crippen molar-refractivity contribution in [2.45, 2.75) is 6.18 Å². The highest BCUT2D eigenvalue weighted by atomic mass is 79.9. The summed E-state index contributed by atoms with van der Waals surface area (Å²) in [6.07, 6.45) is -2.94. The first-order valence-electron chi connectivity index (χ1n) is 5.21. The van der Waals surface area contributed by atoms with E-state index >= 15 is 0 Å². The molecule has 1 heterocycles. The van der Waals surface area contributed by atoms with Crippen molar-refractivity contribution >= 4 is 33.1 Å². The van der Waals surface area contributed by atoms with E-state index in [9.17, 15) is 13.2 Å². The van der Waals surface area contributed by atoms with E-state index in [4.69, 9.17) is 5.73 Å². The maximum atomic E-state index is 12.7. The third kappa shape index (κ3) is 3.37. The molecule has 2 rings (SSSR count). The minimum Gasteiger partial charge on any atom is -0.384 e. The number of halogens is 4. The Morgan fingerprint density at radius 1 is 1.11 bits per heavy atom. The molecule has 0 aliphatic carbocycles. The van der Waals surface area contributed by atoms with E-state index in [0.717, 1.165) is 6.07 Å². The van der Waals surface area contributed by atoms with Crippen LogP contribution in [0, 0.1) is 0 Å². The molecule has 3 nitrogen and oxygen atoms in total. The zero-order valence-electron chi connectivity index (χ0n) is 9.50. The highest BCUT2D eigenvalue weighted by molar-refractivity contribution is 9.10. The molecule has 1 aromatic carbocycles. The second-order valence-electron chi connectivity index (χ2n) is 3.79. The number of benzene rings is 1. The van der Waals surface area contributed by atoms with Crippen LogP contribution in [0.15, 0.2) is 41.0 Å². The van der Waals surface area contributed by atoms with Crippen molar-refractivity contribution in [2.24, 2.45) is 0 Å². The third-order valence-electron chi connectivity index (χ3n) is 2.34. The molecule has 0 fully saturated rings. The molecule has 1 aromatic heterocycles. The molecule has 2 aromatic rings. The van der Waals surface area contributed by atoms with Crippen LogP contribution in [0.1, 0.15) is 5.56 Å². The van der Waals surface area contributed by atoms with Crippen LogP contribution < -0.4 is 11.1 Å². The fourth-order valence-electron chi connectivity index (χ4n) is 1.51. The van der Waals surface area contributed by atoms with Gasteiger partial charge < -0.3 is 11.1 Å². The predicted octanol–water partition coefficient (Wildman–Crippen LogP) is 4.19. The van der Waals surface area contributed by atoms with Crippen molar-refractivity contribution < 1.29 is 13.2 Å². The van der Waals surface area contributed by atoms with Gasteiger partial charge in [0.05, 0.1) is 5.56 Å². The SMILES string of the molecule is Nc1cc(Nc2ccc(Br)c(C(F)(F)F)c2)ccn1. The van der Waals surface area contributed by atoms with Gasteiger partial charge in [-0.25, -0.2) is 4.98 Å². The maximum Gasteiger partial charge on any atom is 0.417 e. The van der Waals surface area contributed by atoms with Gasteiger partial charge in [-0.1, -0.05) is 15.9 Å². The van der Waals surface area contributed by atoms with Gasteiger partial charge >= 0.3 is 6.18 Å². The smallest absolute Gasteiger partial charge is 0.384 e. The minimum absolute atomic E-state index is 0.000192. The largest absolute Gasteiger partial charge is 0.417 e. The molecule has 0 unspecified atom stereocenters. The van der Waals surface area contributed by atoms with Crippen molar-refractivity contribution in [1.82, 2.24) is 4.98 Å². The van der Waals surface area contributed by atoms with E-state index in [1.807, 2.05) is 0 Å². The topological polar surface area (TPSA) is 50.9 Å². The van der Waals surface area contributed by atoms with Gasteiger partial charge in [0.25, 0.3) is 0 Å². The number of hydrogen-bond donors (Lipinski definition) is 2. The normalized spacial score (nSPS) is 11.4. The van der Waals surface area contributed by atoms with Gasteiger partial charge in [-0.3, -0.25) is 0 Å². The fourth-order valence-corrected chi connectivity index (χ4v) is 1.98. The molecule has 0 aliphatic rings. The third-order valence-corrected chi connectivity index (χ3v) is 3.03. The Labute approximate surface area is 115 Å². The van der Waals surface area contributed by atoms with Crippen LogP contribution >= 0.6 is 15.9 Å². The lowest BCUT2D eigenvalue weighted by atomic mass is 10.2. The molecule has 3 N–H and O–H groups in total. The van der Waals surface area contributed by atoms with Crippen LogP contribution in [0.4, 0.5) is 30.4 Å². The summed E-state index contributed by atoms with van der Waals surface area (Å²) in [5.41, 5.74) is 5.65. The van der Waals surface area contributed by atoms with Crippen molar-refractivity contribution in [3.8, 4) is 0 Å². The minimum atomic E-state index is -4.41. The van der Waals surface area contributed by atoms with Gasteiger partial charge in [0.2, 0.25) is 0 Å². The molecular weight excluding hydrogens is 323 g/mol. The first-order valence-corrected chi connectivity index (χ1v) is 6.01. The quantitative estimate of drug-likeness (QED) is 0.867. The van der Waals surface area contributed by atoms with Gasteiger partial charge in [0.1, 0.15) is 5.82 Å². The Hall–Kier alpha value is -1.76. The summed E-state index contributed by atoms with van der Waals surface area (Å²) < 4.78 is 38.2. The van der Waals surface area contributed by atoms with Crippen LogP contribution in [0.5, 0.6) is 0 Å². The molecule has 0 saturated carbocycles. The standard InChI is InChI=1S/C12H9BrF3N3/c13-10-2-1-7(5-9(10)12(14,15)16)19-8-3-4-18-11(17)6-8/h1-6H,(H3,17,18,19). The van der Waals surface area contributed by atoms with E-state index in [1.165, 1.54) is 24.4 Å². The fraction of sp³-hybridized carbons (Fsp3) is 0.0833. The lowest BCUT2D eigenvalue weighted by Gasteiger charge is -2.12. The van der Waals surface area contributed by atoms with Gasteiger partial charge in [0.15, 0.2) is 0 Å². The van der Waals surface area contributed by atoms with Crippen molar-refractivity contribution in [1.29, 1.82) is 0 Å². The number of nitrogens with zero attached hydrogens (tertiary/aromatic N) is 1. The van der Waals surface area contributed by atoms with Crippen molar-refractivity contribution in [3.05, 3.63) is 46.6 Å². The number of pyridine rings is 1. The van der Waals surface area contributed by atoms with Crippen LogP contribution in [0.25, 0.3) is 0 Å². The number of anilines is 3. The Morgan fingerprint density at radius 2 is 1.79 bits per heavy atom. The summed E-state index contributed by atoms with van der Waals surface area (Å²) in [5, 5.41) is 2.84. The summed E-state index contributed by atoms with van der Waals surface area (Å²) >= 11 is 2.89. The molecule has 7 heteroatoms. The number of hydrogen-bond acceptors (Lipinski definition) is 3. The van der Waals surface area contributed by atoms with Gasteiger partial charge in [-0.05, 0) is 24.3 Å². The number of alkyl halides is 3. The Morgan fingerprint density at radius 3 is 2.42 bits per heavy atom. The molecule has 0 saturated heterocycles. The zero-order valence-corrected chi connectivity index (χ0v) is 11.1. The first-order chi connectivity index (χ1) is 8.86. The van der Waals surface area contributed by atoms with E-state index in [1.54, 1.807) is 6.07 Å². The number of rotatable bonds is 2. The summed E-state index contributed by atoms with van der Waals surface area (Å²) in [7, 11) is 0. The Bertz CT molecular complexity index is 599. The summed E-state index contributed by atoms with van der Waals surface area (Å²) in [6, 6.07) is 7.06. The average Bonchev–Trinajstić information content (AvgIpc) is 2.30. The molecule has 0 amide bonds. The van der Waals surface area contributed by atoms with E-state index < -0.39 is 11.7 Å². The van der Waals surface area contributed by atoms with Gasteiger partial charge in [-0.2, -0.15) is 13.2 Å². The highest BCUT2D eigenvalue weighted by Crippen LogP contribution is 2.36. The zero-order chi connectivity index (χ0) is 14.0. The molecule has 100 valence electrons. The Kier molecular flexibility index (Phi) is 3.66. The lowest BCUT2D eigenvalue weighted by molar-refractivity contribution is -0.138. The van der Waals surface area contributed by atoms with Gasteiger partial charge in [-0.15, -0.1) is 0 Å². The molecule has 0 bridgehead atoms. The number of nitrogens with two attached hydrogens (primary N) is 1. The van der Waals surface area contributed by atoms with Crippen molar-refractivity contribution in [2.75, 3.05) is 11.1 Å². The summed E-state index contributed by atoms with van der Waals surface area (Å²) in [5.74, 6) is 0.290. The average molecular weight is 332 g/mol. The second-order valence-corrected chi connectivity index (χ2v) is 4.64. The predicted molar refractivity (Wildman–Crippen MR) is 71.1 cm³/mol. The molecule has 0 radical (unpaired) electrons. The molecule has 0 atom stereocenters. The summed E-state index contributed by atoms with van der Waals surface area (Å²) in [6.45, 7) is 0. The molecule has 0 aliphatic heterocycles. The monoisotopic (exact) mass is 331 g/mol. The van der Waals surface area contributed by atoms with Crippen LogP contribution in [-0.2, 0) is 6.18 Å². The van der Waals surface area contributed by atoms with E-state index in [2.05, 4.69) is 26.2 Å². The van der Waals surface area contributed by atoms with Crippen LogP contribution in [0.2, 0.25) is 0 Å². The number of nitrogen functional groups attached to an aromatic ring is 1. The second kappa shape index (κ2) is 5.08. The molecular formula is C12H9BrF3N3. The lowest BCUT2D eigenvalue weighted by Crippen LogP contribution is -2.06. The molecule has 19 heavy (non-hydrogen) atoms.